The quantitative estimate of drug-likeness (QED) is 0.271. The van der Waals surface area contributed by atoms with Gasteiger partial charge in [0.15, 0.2) is 6.29 Å². The molecule has 3 N–H and O–H groups in total. The van der Waals surface area contributed by atoms with Crippen molar-refractivity contribution in [2.75, 3.05) is 24.4 Å². The van der Waals surface area contributed by atoms with Crippen molar-refractivity contribution in [2.24, 2.45) is 0 Å². The van der Waals surface area contributed by atoms with Crippen LogP contribution >= 0.6 is 0 Å². The number of ether oxygens (including phenoxy) is 2. The number of aliphatic hydroxyl groups is 1. The zero-order valence-corrected chi connectivity index (χ0v) is 20.4. The van der Waals surface area contributed by atoms with Gasteiger partial charge in [-0.05, 0) is 50.2 Å². The summed E-state index contributed by atoms with van der Waals surface area (Å²) in [7, 11) is 1.62. The van der Waals surface area contributed by atoms with Crippen LogP contribution in [0.1, 0.15) is 31.3 Å². The van der Waals surface area contributed by atoms with E-state index in [4.69, 9.17) is 9.47 Å². The second-order valence-electron chi connectivity index (χ2n) is 8.05. The molecule has 4 aromatic rings. The lowest BCUT2D eigenvalue weighted by atomic mass is 10.1. The third-order valence-corrected chi connectivity index (χ3v) is 5.87. The van der Waals surface area contributed by atoms with E-state index in [0.717, 1.165) is 27.9 Å². The number of nitriles is 1. The minimum Gasteiger partial charge on any atom is -0.497 e. The molecule has 0 saturated carbocycles. The van der Waals surface area contributed by atoms with Gasteiger partial charge in [-0.15, -0.1) is 0 Å². The Morgan fingerprint density at radius 1 is 1.06 bits per heavy atom. The van der Waals surface area contributed by atoms with E-state index in [9.17, 15) is 15.2 Å². The number of rotatable bonds is 8. The van der Waals surface area contributed by atoms with Crippen molar-refractivity contribution in [1.29, 1.82) is 5.26 Å². The summed E-state index contributed by atoms with van der Waals surface area (Å²) in [5, 5.41) is 26.4. The van der Waals surface area contributed by atoms with Gasteiger partial charge in [-0.1, -0.05) is 24.3 Å². The lowest BCUT2D eigenvalue weighted by Crippen LogP contribution is -2.19. The molecule has 4 rings (SSSR count). The molecule has 3 aromatic carbocycles. The molecule has 0 aliphatic heterocycles. The zero-order valence-electron chi connectivity index (χ0n) is 20.4. The highest BCUT2D eigenvalue weighted by molar-refractivity contribution is 6.00. The normalized spacial score (nSPS) is 11.6. The molecule has 1 unspecified atom stereocenters. The minimum absolute atomic E-state index is 0.395. The van der Waals surface area contributed by atoms with Gasteiger partial charge in [-0.25, -0.2) is 4.79 Å². The van der Waals surface area contributed by atoms with Crippen LogP contribution in [-0.4, -0.2) is 29.4 Å². The van der Waals surface area contributed by atoms with E-state index in [1.807, 2.05) is 43.3 Å². The Morgan fingerprint density at radius 2 is 1.81 bits per heavy atom. The Morgan fingerprint density at radius 3 is 2.47 bits per heavy atom. The van der Waals surface area contributed by atoms with E-state index in [0.29, 0.717) is 35.7 Å². The van der Waals surface area contributed by atoms with Crippen LogP contribution in [0.15, 0.2) is 66.7 Å². The molecule has 0 saturated heterocycles. The molecular formula is C28H28N4O4. The Balaban J connectivity index is 1.58. The fourth-order valence-electron chi connectivity index (χ4n) is 4.22. The molecule has 1 aromatic heterocycles. The summed E-state index contributed by atoms with van der Waals surface area (Å²) in [4.78, 5) is 12.6. The Labute approximate surface area is 209 Å². The number of carbonyl (C=O) groups is 1. The molecule has 0 spiro atoms. The van der Waals surface area contributed by atoms with Crippen LogP contribution in [0, 0.1) is 11.3 Å². The highest BCUT2D eigenvalue weighted by atomic mass is 16.6. The van der Waals surface area contributed by atoms with Crippen molar-refractivity contribution in [3.05, 3.63) is 77.9 Å². The lowest BCUT2D eigenvalue weighted by Gasteiger charge is -2.13. The van der Waals surface area contributed by atoms with Crippen LogP contribution in [0.2, 0.25) is 0 Å². The summed E-state index contributed by atoms with van der Waals surface area (Å²) in [6, 6.07) is 21.8. The number of urea groups is 1. The molecule has 1 heterocycles. The van der Waals surface area contributed by atoms with Gasteiger partial charge in [-0.2, -0.15) is 5.26 Å². The molecule has 2 amide bonds. The van der Waals surface area contributed by atoms with E-state index in [1.54, 1.807) is 44.4 Å². The molecule has 1 atom stereocenters. The van der Waals surface area contributed by atoms with Gasteiger partial charge in [-0.3, -0.25) is 0 Å². The lowest BCUT2D eigenvalue weighted by molar-refractivity contribution is -0.0979. The van der Waals surface area contributed by atoms with Crippen molar-refractivity contribution in [3.8, 4) is 23.1 Å². The Bertz CT molecular complexity index is 1420. The van der Waals surface area contributed by atoms with E-state index in [2.05, 4.69) is 21.3 Å². The van der Waals surface area contributed by atoms with Crippen LogP contribution in [0.4, 0.5) is 16.2 Å². The van der Waals surface area contributed by atoms with Crippen molar-refractivity contribution in [3.63, 3.8) is 0 Å². The van der Waals surface area contributed by atoms with E-state index < -0.39 is 12.3 Å². The van der Waals surface area contributed by atoms with Gasteiger partial charge in [0.2, 0.25) is 0 Å². The number of fused-ring (bicyclic) bond motifs is 1. The van der Waals surface area contributed by atoms with Crippen molar-refractivity contribution >= 4 is 28.3 Å². The summed E-state index contributed by atoms with van der Waals surface area (Å²) in [6.07, 6.45) is -1.00. The molecule has 0 aliphatic carbocycles. The number of carbonyl (C=O) groups excluding carboxylic acids is 1. The van der Waals surface area contributed by atoms with Gasteiger partial charge in [0, 0.05) is 47.1 Å². The number of benzene rings is 3. The maximum Gasteiger partial charge on any atom is 0.323 e. The van der Waals surface area contributed by atoms with Crippen LogP contribution in [-0.2, 0) is 11.3 Å². The van der Waals surface area contributed by atoms with Gasteiger partial charge in [0.25, 0.3) is 0 Å². The fraction of sp³-hybridized carbons (Fsp3) is 0.214. The average molecular weight is 485 g/mol. The van der Waals surface area contributed by atoms with E-state index in [-0.39, 0.29) is 0 Å². The first kappa shape index (κ1) is 24.8. The van der Waals surface area contributed by atoms with E-state index >= 15 is 0 Å². The Kier molecular flexibility index (Phi) is 7.54. The first-order chi connectivity index (χ1) is 17.5. The third kappa shape index (κ3) is 5.03. The van der Waals surface area contributed by atoms with Crippen LogP contribution in [0.3, 0.4) is 0 Å². The molecule has 0 aliphatic rings. The summed E-state index contributed by atoms with van der Waals surface area (Å²) >= 11 is 0. The minimum atomic E-state index is -1.00. The van der Waals surface area contributed by atoms with Crippen molar-refractivity contribution in [2.45, 2.75) is 26.7 Å². The largest absolute Gasteiger partial charge is 0.497 e. The van der Waals surface area contributed by atoms with Crippen molar-refractivity contribution < 1.29 is 19.4 Å². The van der Waals surface area contributed by atoms with E-state index in [1.165, 1.54) is 0 Å². The number of hydrogen-bond donors (Lipinski definition) is 3. The summed E-state index contributed by atoms with van der Waals surface area (Å²) in [5.74, 6) is 0.721. The molecule has 0 radical (unpaired) electrons. The van der Waals surface area contributed by atoms with Gasteiger partial charge < -0.3 is 29.8 Å². The third-order valence-electron chi connectivity index (χ3n) is 5.87. The topological polar surface area (TPSA) is 109 Å². The highest BCUT2D eigenvalue weighted by Crippen LogP contribution is 2.36. The second-order valence-corrected chi connectivity index (χ2v) is 8.05. The summed E-state index contributed by atoms with van der Waals surface area (Å²) in [6.45, 7) is 4.88. The molecule has 184 valence electrons. The predicted molar refractivity (Wildman–Crippen MR) is 140 cm³/mol. The molecular weight excluding hydrogens is 456 g/mol. The number of nitrogens with one attached hydrogen (secondary N) is 2. The Hall–Kier alpha value is -4.32. The number of aryl methyl sites for hydroxylation is 1. The summed E-state index contributed by atoms with van der Waals surface area (Å²) < 4.78 is 12.6. The van der Waals surface area contributed by atoms with Gasteiger partial charge >= 0.3 is 6.03 Å². The fourth-order valence-corrected chi connectivity index (χ4v) is 4.22. The predicted octanol–water partition coefficient (Wildman–Crippen LogP) is 5.88. The number of nitrogens with zero attached hydrogens (tertiary/aromatic N) is 2. The maximum absolute atomic E-state index is 12.6. The van der Waals surface area contributed by atoms with Gasteiger partial charge in [0.05, 0.1) is 23.9 Å². The second kappa shape index (κ2) is 11.0. The molecule has 8 nitrogen and oxygen atoms in total. The first-order valence-electron chi connectivity index (χ1n) is 11.7. The number of amides is 2. The van der Waals surface area contributed by atoms with Crippen LogP contribution < -0.4 is 15.4 Å². The van der Waals surface area contributed by atoms with Gasteiger partial charge in [0.1, 0.15) is 11.8 Å². The highest BCUT2D eigenvalue weighted by Gasteiger charge is 2.19. The molecule has 0 fully saturated rings. The molecule has 36 heavy (non-hydrogen) atoms. The maximum atomic E-state index is 12.6. The SMILES string of the molecule is CCOC(O)c1ccc(NC(=O)Nc2cccc(-c3c(C#N)c4ccc(OC)cc4n3CC)c2)cc1. The molecule has 8 heteroatoms. The zero-order chi connectivity index (χ0) is 25.7. The number of methoxy groups -OCH3 is 1. The number of aliphatic hydroxyl groups excluding tert-OH is 1. The van der Waals surface area contributed by atoms with Crippen LogP contribution in [0.5, 0.6) is 5.75 Å². The number of anilines is 2. The van der Waals surface area contributed by atoms with Crippen molar-refractivity contribution in [1.82, 2.24) is 4.57 Å². The standard InChI is InChI=1S/C28H28N4O4/c1-4-32-25-16-22(35-3)13-14-23(25)24(17-29)26(32)19-7-6-8-21(15-19)31-28(34)30-20-11-9-18(10-12-20)27(33)36-5-2/h6-16,27,33H,4-5H2,1-3H3,(H2,30,31,34). The average Bonchev–Trinajstić information content (AvgIpc) is 3.22. The smallest absolute Gasteiger partial charge is 0.323 e. The molecule has 0 bridgehead atoms. The monoisotopic (exact) mass is 484 g/mol. The summed E-state index contributed by atoms with van der Waals surface area (Å²) in [5.41, 5.74) is 4.85. The number of hydrogen-bond acceptors (Lipinski definition) is 5. The first-order valence-corrected chi connectivity index (χ1v) is 11.7. The number of aromatic nitrogens is 1. The van der Waals surface area contributed by atoms with Crippen LogP contribution in [0.25, 0.3) is 22.2 Å².